The smallest absolute Gasteiger partial charge is 0.305 e. The maximum atomic E-state index is 12.1. The number of carboxylic acids is 1. The van der Waals surface area contributed by atoms with Crippen LogP contribution in [0.25, 0.3) is 0 Å². The molecule has 5 nitrogen and oxygen atoms in total. The Labute approximate surface area is 109 Å². The van der Waals surface area contributed by atoms with Crippen molar-refractivity contribution in [2.75, 3.05) is 0 Å². The van der Waals surface area contributed by atoms with Crippen molar-refractivity contribution in [2.24, 2.45) is 0 Å². The first kappa shape index (κ1) is 13.0. The Morgan fingerprint density at radius 1 is 1.50 bits per heavy atom. The van der Waals surface area contributed by atoms with E-state index in [1.807, 2.05) is 0 Å². The molecule has 1 fully saturated rings. The number of nitrogens with one attached hydrogen (secondary N) is 1. The average Bonchev–Trinajstić information content (AvgIpc) is 2.86. The molecule has 2 rings (SSSR count). The average molecular weight is 268 g/mol. The van der Waals surface area contributed by atoms with Crippen LogP contribution in [0, 0.1) is 6.92 Å². The number of aryl methyl sites for hydroxylation is 1. The van der Waals surface area contributed by atoms with Gasteiger partial charge in [0.2, 0.25) is 0 Å². The van der Waals surface area contributed by atoms with Crippen LogP contribution >= 0.6 is 11.5 Å². The van der Waals surface area contributed by atoms with Crippen molar-refractivity contribution in [3.63, 3.8) is 0 Å². The molecule has 1 aliphatic carbocycles. The molecule has 0 radical (unpaired) electrons. The molecule has 6 heteroatoms. The third-order valence-electron chi connectivity index (χ3n) is 3.42. The minimum Gasteiger partial charge on any atom is -0.481 e. The van der Waals surface area contributed by atoms with Gasteiger partial charge in [-0.1, -0.05) is 12.8 Å². The van der Waals surface area contributed by atoms with Crippen molar-refractivity contribution >= 4 is 23.4 Å². The van der Waals surface area contributed by atoms with Gasteiger partial charge < -0.3 is 10.4 Å². The lowest BCUT2D eigenvalue weighted by molar-refractivity contribution is -0.138. The lowest BCUT2D eigenvalue weighted by Gasteiger charge is -2.28. The molecule has 0 spiro atoms. The fourth-order valence-electron chi connectivity index (χ4n) is 2.51. The molecule has 98 valence electrons. The van der Waals surface area contributed by atoms with E-state index in [0.717, 1.165) is 25.7 Å². The highest BCUT2D eigenvalue weighted by Gasteiger charge is 2.37. The zero-order valence-electron chi connectivity index (χ0n) is 10.2. The lowest BCUT2D eigenvalue weighted by Crippen LogP contribution is -2.47. The van der Waals surface area contributed by atoms with Crippen LogP contribution in [-0.4, -0.2) is 26.9 Å². The van der Waals surface area contributed by atoms with Gasteiger partial charge in [0.05, 0.1) is 23.2 Å². The van der Waals surface area contributed by atoms with Crippen LogP contribution in [0.4, 0.5) is 0 Å². The number of aliphatic carboxylic acids is 1. The Bertz CT molecular complexity index is 464. The Balaban J connectivity index is 2.12. The SMILES string of the molecule is Cc1nscc1C(=O)NC1(CC(=O)O)CCCC1. The van der Waals surface area contributed by atoms with Gasteiger partial charge in [-0.3, -0.25) is 9.59 Å². The van der Waals surface area contributed by atoms with Crippen LogP contribution in [0.15, 0.2) is 5.38 Å². The molecule has 1 aromatic rings. The Morgan fingerprint density at radius 2 is 2.17 bits per heavy atom. The van der Waals surface area contributed by atoms with Gasteiger partial charge in [0.15, 0.2) is 0 Å². The first-order valence-corrected chi connectivity index (χ1v) is 6.81. The Kier molecular flexibility index (Phi) is 3.65. The molecule has 0 aliphatic heterocycles. The highest BCUT2D eigenvalue weighted by molar-refractivity contribution is 7.03. The van der Waals surface area contributed by atoms with Gasteiger partial charge in [-0.2, -0.15) is 4.37 Å². The minimum atomic E-state index is -0.864. The van der Waals surface area contributed by atoms with Gasteiger partial charge in [-0.15, -0.1) is 0 Å². The molecular formula is C12H16N2O3S. The van der Waals surface area contributed by atoms with Crippen molar-refractivity contribution in [1.82, 2.24) is 9.69 Å². The van der Waals surface area contributed by atoms with E-state index in [1.54, 1.807) is 12.3 Å². The summed E-state index contributed by atoms with van der Waals surface area (Å²) in [4.78, 5) is 23.1. The van der Waals surface area contributed by atoms with Crippen LogP contribution < -0.4 is 5.32 Å². The zero-order chi connectivity index (χ0) is 13.2. The summed E-state index contributed by atoms with van der Waals surface area (Å²) in [6.45, 7) is 1.78. The van der Waals surface area contributed by atoms with E-state index in [4.69, 9.17) is 5.11 Å². The topological polar surface area (TPSA) is 79.3 Å². The number of aromatic nitrogens is 1. The van der Waals surface area contributed by atoms with E-state index in [2.05, 4.69) is 9.69 Å². The predicted molar refractivity (Wildman–Crippen MR) is 67.8 cm³/mol. The van der Waals surface area contributed by atoms with Crippen molar-refractivity contribution in [3.05, 3.63) is 16.6 Å². The molecule has 0 saturated heterocycles. The molecule has 1 amide bonds. The van der Waals surface area contributed by atoms with E-state index in [-0.39, 0.29) is 12.3 Å². The van der Waals surface area contributed by atoms with Crippen LogP contribution in [0.3, 0.4) is 0 Å². The van der Waals surface area contributed by atoms with E-state index >= 15 is 0 Å². The van der Waals surface area contributed by atoms with Gasteiger partial charge in [0.1, 0.15) is 0 Å². The molecule has 1 saturated carbocycles. The number of hydrogen-bond donors (Lipinski definition) is 2. The van der Waals surface area contributed by atoms with Crippen molar-refractivity contribution in [1.29, 1.82) is 0 Å². The van der Waals surface area contributed by atoms with Gasteiger partial charge in [-0.05, 0) is 31.3 Å². The Morgan fingerprint density at radius 3 is 2.67 bits per heavy atom. The Hall–Kier alpha value is -1.43. The summed E-state index contributed by atoms with van der Waals surface area (Å²) in [5, 5.41) is 13.6. The first-order valence-electron chi connectivity index (χ1n) is 5.98. The summed E-state index contributed by atoms with van der Waals surface area (Å²) >= 11 is 1.24. The summed E-state index contributed by atoms with van der Waals surface area (Å²) in [6, 6.07) is 0. The molecule has 1 aromatic heterocycles. The summed E-state index contributed by atoms with van der Waals surface area (Å²) in [7, 11) is 0. The number of hydrogen-bond acceptors (Lipinski definition) is 4. The fourth-order valence-corrected chi connectivity index (χ4v) is 3.20. The summed E-state index contributed by atoms with van der Waals surface area (Å²) in [5.41, 5.74) is 0.676. The second-order valence-corrected chi connectivity index (χ2v) is 5.45. The van der Waals surface area contributed by atoms with Crippen LogP contribution in [0.1, 0.15) is 48.2 Å². The highest BCUT2D eigenvalue weighted by atomic mass is 32.1. The molecule has 0 atom stereocenters. The normalized spacial score (nSPS) is 17.6. The van der Waals surface area contributed by atoms with Crippen molar-refractivity contribution in [2.45, 2.75) is 44.6 Å². The van der Waals surface area contributed by atoms with Crippen LogP contribution in [-0.2, 0) is 4.79 Å². The summed E-state index contributed by atoms with van der Waals surface area (Å²) < 4.78 is 4.06. The van der Waals surface area contributed by atoms with Gasteiger partial charge >= 0.3 is 5.97 Å². The largest absolute Gasteiger partial charge is 0.481 e. The second kappa shape index (κ2) is 5.06. The molecule has 1 aliphatic rings. The van der Waals surface area contributed by atoms with Crippen molar-refractivity contribution in [3.8, 4) is 0 Å². The standard InChI is InChI=1S/C12H16N2O3S/c1-8-9(7-18-14-8)11(17)13-12(6-10(15)16)4-2-3-5-12/h7H,2-6H2,1H3,(H,13,17)(H,15,16). The summed E-state index contributed by atoms with van der Waals surface area (Å²) in [6.07, 6.45) is 3.40. The third-order valence-corrected chi connectivity index (χ3v) is 4.14. The lowest BCUT2D eigenvalue weighted by atomic mass is 9.92. The molecule has 0 aromatic carbocycles. The third kappa shape index (κ3) is 2.69. The number of carbonyl (C=O) groups is 2. The van der Waals surface area contributed by atoms with E-state index in [9.17, 15) is 9.59 Å². The molecule has 2 N–H and O–H groups in total. The highest BCUT2D eigenvalue weighted by Crippen LogP contribution is 2.33. The van der Waals surface area contributed by atoms with Gasteiger partial charge in [0, 0.05) is 5.38 Å². The number of nitrogens with zero attached hydrogens (tertiary/aromatic N) is 1. The zero-order valence-corrected chi connectivity index (χ0v) is 11.0. The monoisotopic (exact) mass is 268 g/mol. The van der Waals surface area contributed by atoms with E-state index in [1.165, 1.54) is 11.5 Å². The van der Waals surface area contributed by atoms with Crippen LogP contribution in [0.2, 0.25) is 0 Å². The molecule has 18 heavy (non-hydrogen) atoms. The van der Waals surface area contributed by atoms with E-state index < -0.39 is 11.5 Å². The molecule has 0 bridgehead atoms. The summed E-state index contributed by atoms with van der Waals surface area (Å²) in [5.74, 6) is -1.07. The molecule has 1 heterocycles. The van der Waals surface area contributed by atoms with Gasteiger partial charge in [0.25, 0.3) is 5.91 Å². The van der Waals surface area contributed by atoms with Crippen LogP contribution in [0.5, 0.6) is 0 Å². The van der Waals surface area contributed by atoms with E-state index in [0.29, 0.717) is 11.3 Å². The first-order chi connectivity index (χ1) is 8.52. The number of amides is 1. The quantitative estimate of drug-likeness (QED) is 0.875. The number of carbonyl (C=O) groups excluding carboxylic acids is 1. The predicted octanol–water partition coefficient (Wildman–Crippen LogP) is 1.97. The fraction of sp³-hybridized carbons (Fsp3) is 0.583. The minimum absolute atomic E-state index is 0.00461. The second-order valence-electron chi connectivity index (χ2n) is 4.83. The maximum Gasteiger partial charge on any atom is 0.305 e. The number of rotatable bonds is 4. The maximum absolute atomic E-state index is 12.1. The molecular weight excluding hydrogens is 252 g/mol. The van der Waals surface area contributed by atoms with Gasteiger partial charge in [-0.25, -0.2) is 0 Å². The van der Waals surface area contributed by atoms with Crippen molar-refractivity contribution < 1.29 is 14.7 Å². The molecule has 0 unspecified atom stereocenters. The number of carboxylic acid groups (broad SMARTS) is 1.